The van der Waals surface area contributed by atoms with Crippen LogP contribution in [0.2, 0.25) is 0 Å². The van der Waals surface area contributed by atoms with Crippen LogP contribution < -0.4 is 5.32 Å². The summed E-state index contributed by atoms with van der Waals surface area (Å²) in [7, 11) is 4.05. The number of amides is 2. The number of unbranched alkanes of at least 4 members (excludes halogenated alkanes) is 22. The molecule has 386 valence electrons. The molecule has 1 N–H and O–H groups in total. The molecule has 2 amide bonds. The van der Waals surface area contributed by atoms with Crippen molar-refractivity contribution in [2.24, 2.45) is 0 Å². The molecule has 0 fully saturated rings. The number of ether oxygens (including phenoxy) is 2. The lowest BCUT2D eigenvalue weighted by molar-refractivity contribution is -0.150. The first-order chi connectivity index (χ1) is 32.2. The fraction of sp³-hybridized carbons (Fsp3) is 0.860. The highest BCUT2D eigenvalue weighted by molar-refractivity contribution is 5.87. The van der Waals surface area contributed by atoms with E-state index in [1.54, 1.807) is 0 Å². The molecule has 0 rings (SSSR count). The Kier molecular flexibility index (Phi) is 46.8. The molecule has 0 bridgehead atoms. The second kappa shape index (κ2) is 48.8. The number of carbonyl (C=O) groups excluding carboxylic acids is 4. The molecule has 0 spiro atoms. The van der Waals surface area contributed by atoms with E-state index in [1.807, 2.05) is 19.0 Å². The van der Waals surface area contributed by atoms with E-state index in [9.17, 15) is 19.2 Å². The Balaban J connectivity index is 4.95. The second-order valence-electron chi connectivity index (χ2n) is 19.4. The van der Waals surface area contributed by atoms with Crippen LogP contribution in [0.15, 0.2) is 24.3 Å². The van der Waals surface area contributed by atoms with Crippen molar-refractivity contribution in [1.82, 2.24) is 15.1 Å². The summed E-state index contributed by atoms with van der Waals surface area (Å²) in [6, 6.07) is -0.549. The predicted molar refractivity (Wildman–Crippen MR) is 280 cm³/mol. The van der Waals surface area contributed by atoms with Crippen molar-refractivity contribution in [3.8, 4) is 0 Å². The molecule has 0 heterocycles. The molecule has 0 aliphatic rings. The number of nitrogens with zero attached hydrogens (tertiary/aromatic N) is 2. The van der Waals surface area contributed by atoms with E-state index in [-0.39, 0.29) is 29.9 Å². The lowest BCUT2D eigenvalue weighted by atomic mass is 10.0. The Morgan fingerprint density at radius 1 is 0.485 bits per heavy atom. The first-order valence-corrected chi connectivity index (χ1v) is 28.1. The van der Waals surface area contributed by atoms with Crippen LogP contribution in [0.25, 0.3) is 0 Å². The summed E-state index contributed by atoms with van der Waals surface area (Å²) < 4.78 is 11.6. The smallest absolute Gasteiger partial charge is 0.306 e. The molecule has 1 atom stereocenters. The third-order valence-electron chi connectivity index (χ3n) is 12.6. The molecule has 0 radical (unpaired) electrons. The average Bonchev–Trinajstić information content (AvgIpc) is 3.30. The Morgan fingerprint density at radius 3 is 1.59 bits per heavy atom. The molecule has 0 aromatic rings. The number of rotatable bonds is 49. The van der Waals surface area contributed by atoms with Crippen LogP contribution in [-0.4, -0.2) is 86.0 Å². The molecular formula is C57H107N3O6. The molecule has 9 heteroatoms. The van der Waals surface area contributed by atoms with E-state index in [0.717, 1.165) is 103 Å². The van der Waals surface area contributed by atoms with Gasteiger partial charge in [-0.1, -0.05) is 161 Å². The minimum Gasteiger partial charge on any atom is -0.466 e. The molecule has 0 saturated heterocycles. The molecule has 0 saturated carbocycles. The van der Waals surface area contributed by atoms with Gasteiger partial charge in [0, 0.05) is 32.4 Å². The standard InChI is InChI=1S/C57H107N3O6/c1-7-11-15-18-21-22-23-24-25-26-27-28-29-32-37-46-55(62)65-51-40-33-36-44-53(57(64)58-48-14-10-4)60(50-41-49-59(5)6)54(61)45-38-39-47-56(63)66-52(42-34-30-19-16-12-8-2)43-35-31-20-17-13-9-3/h21-22,24-25,52-53H,7-20,23,26-51H2,1-6H3,(H,58,64)/b22-21-,25-24-. The lowest BCUT2D eigenvalue weighted by Crippen LogP contribution is -2.50. The lowest BCUT2D eigenvalue weighted by Gasteiger charge is -2.32. The first-order valence-electron chi connectivity index (χ1n) is 28.1. The quantitative estimate of drug-likeness (QED) is 0.0368. The Hall–Kier alpha value is -2.68. The van der Waals surface area contributed by atoms with Gasteiger partial charge in [0.15, 0.2) is 0 Å². The molecule has 9 nitrogen and oxygen atoms in total. The zero-order valence-electron chi connectivity index (χ0n) is 44.3. The maximum absolute atomic E-state index is 14.0. The van der Waals surface area contributed by atoms with Crippen LogP contribution in [0.5, 0.6) is 0 Å². The summed E-state index contributed by atoms with van der Waals surface area (Å²) in [5.41, 5.74) is 0. The predicted octanol–water partition coefficient (Wildman–Crippen LogP) is 14.9. The Morgan fingerprint density at radius 2 is 0.970 bits per heavy atom. The van der Waals surface area contributed by atoms with Gasteiger partial charge in [-0.05, 0) is 130 Å². The van der Waals surface area contributed by atoms with Crippen LogP contribution >= 0.6 is 0 Å². The van der Waals surface area contributed by atoms with Gasteiger partial charge in [-0.15, -0.1) is 0 Å². The zero-order valence-corrected chi connectivity index (χ0v) is 44.3. The van der Waals surface area contributed by atoms with E-state index in [4.69, 9.17) is 9.47 Å². The Labute approximate surface area is 408 Å². The molecule has 0 aliphatic carbocycles. The van der Waals surface area contributed by atoms with Gasteiger partial charge in [-0.2, -0.15) is 0 Å². The highest BCUT2D eigenvalue weighted by Crippen LogP contribution is 2.20. The number of hydrogen-bond donors (Lipinski definition) is 1. The van der Waals surface area contributed by atoms with Gasteiger partial charge in [0.05, 0.1) is 6.61 Å². The van der Waals surface area contributed by atoms with Crippen LogP contribution in [0, 0.1) is 0 Å². The fourth-order valence-corrected chi connectivity index (χ4v) is 8.40. The van der Waals surface area contributed by atoms with Crippen LogP contribution in [0.4, 0.5) is 0 Å². The van der Waals surface area contributed by atoms with Gasteiger partial charge in [0.1, 0.15) is 12.1 Å². The minimum atomic E-state index is -0.549. The summed E-state index contributed by atoms with van der Waals surface area (Å²) in [5.74, 6) is -0.381. The second-order valence-corrected chi connectivity index (χ2v) is 19.4. The van der Waals surface area contributed by atoms with Crippen molar-refractivity contribution in [1.29, 1.82) is 0 Å². The number of carbonyl (C=O) groups is 4. The molecule has 66 heavy (non-hydrogen) atoms. The normalized spacial score (nSPS) is 12.2. The summed E-state index contributed by atoms with van der Waals surface area (Å²) in [4.78, 5) is 57.1. The van der Waals surface area contributed by atoms with Crippen molar-refractivity contribution in [2.45, 2.75) is 277 Å². The SMILES string of the molecule is CCCCC/C=C\C/C=C\CCCCCCCC(=O)OCCCCCC(C(=O)NCCCC)N(CCCN(C)C)C(=O)CCCCC(=O)OC(CCCCCCCC)CCCCCCCC. The van der Waals surface area contributed by atoms with Crippen molar-refractivity contribution in [3.05, 3.63) is 24.3 Å². The highest BCUT2D eigenvalue weighted by Gasteiger charge is 2.29. The first kappa shape index (κ1) is 63.3. The van der Waals surface area contributed by atoms with Gasteiger partial charge >= 0.3 is 11.9 Å². The zero-order chi connectivity index (χ0) is 48.6. The third kappa shape index (κ3) is 41.5. The minimum absolute atomic E-state index is 0.0108. The van der Waals surface area contributed by atoms with E-state index in [1.165, 1.54) is 103 Å². The van der Waals surface area contributed by atoms with Crippen LogP contribution in [0.1, 0.15) is 265 Å². The van der Waals surface area contributed by atoms with E-state index in [0.29, 0.717) is 58.2 Å². The van der Waals surface area contributed by atoms with E-state index in [2.05, 4.69) is 62.2 Å². The van der Waals surface area contributed by atoms with E-state index >= 15 is 0 Å². The van der Waals surface area contributed by atoms with Gasteiger partial charge in [0.2, 0.25) is 11.8 Å². The van der Waals surface area contributed by atoms with Gasteiger partial charge in [-0.25, -0.2) is 0 Å². The maximum Gasteiger partial charge on any atom is 0.306 e. The average molecular weight is 930 g/mol. The van der Waals surface area contributed by atoms with E-state index < -0.39 is 6.04 Å². The Bertz CT molecular complexity index is 1170. The molecule has 1 unspecified atom stereocenters. The summed E-state index contributed by atoms with van der Waals surface area (Å²) in [6.45, 7) is 11.1. The summed E-state index contributed by atoms with van der Waals surface area (Å²) in [6.07, 6.45) is 46.2. The monoisotopic (exact) mass is 930 g/mol. The molecular weight excluding hydrogens is 823 g/mol. The molecule has 0 aromatic carbocycles. The number of allylic oxidation sites excluding steroid dienone is 4. The highest BCUT2D eigenvalue weighted by atomic mass is 16.5. The fourth-order valence-electron chi connectivity index (χ4n) is 8.40. The van der Waals surface area contributed by atoms with Crippen LogP contribution in [-0.2, 0) is 28.7 Å². The number of nitrogens with one attached hydrogen (secondary N) is 1. The van der Waals surface area contributed by atoms with Crippen molar-refractivity contribution < 1.29 is 28.7 Å². The van der Waals surface area contributed by atoms with Crippen molar-refractivity contribution in [2.75, 3.05) is 40.3 Å². The third-order valence-corrected chi connectivity index (χ3v) is 12.6. The van der Waals surface area contributed by atoms with Gasteiger partial charge in [0.25, 0.3) is 0 Å². The maximum atomic E-state index is 14.0. The van der Waals surface area contributed by atoms with Crippen molar-refractivity contribution in [3.63, 3.8) is 0 Å². The van der Waals surface area contributed by atoms with Gasteiger partial charge < -0.3 is 24.6 Å². The molecule has 0 aliphatic heterocycles. The number of hydrogen-bond acceptors (Lipinski definition) is 7. The summed E-state index contributed by atoms with van der Waals surface area (Å²) >= 11 is 0. The topological polar surface area (TPSA) is 105 Å². The van der Waals surface area contributed by atoms with Gasteiger partial charge in [-0.3, -0.25) is 19.2 Å². The summed E-state index contributed by atoms with van der Waals surface area (Å²) in [5, 5.41) is 3.11. The largest absolute Gasteiger partial charge is 0.466 e. The number of esters is 2. The van der Waals surface area contributed by atoms with Crippen LogP contribution in [0.3, 0.4) is 0 Å². The molecule has 0 aromatic heterocycles. The van der Waals surface area contributed by atoms with Crippen molar-refractivity contribution >= 4 is 23.8 Å².